The molecule has 0 fully saturated rings. The number of benzene rings is 2. The van der Waals surface area contributed by atoms with Crippen LogP contribution in [-0.2, 0) is 19.8 Å². The molecule has 2 aliphatic rings. The van der Waals surface area contributed by atoms with Gasteiger partial charge in [-0.25, -0.2) is 0 Å². The van der Waals surface area contributed by atoms with Gasteiger partial charge in [0, 0.05) is 0 Å². The van der Waals surface area contributed by atoms with Crippen LogP contribution in [0, 0.1) is 5.92 Å². The summed E-state index contributed by atoms with van der Waals surface area (Å²) in [5.74, 6) is 0.576. The molecule has 3 atom stereocenters. The van der Waals surface area contributed by atoms with Crippen LogP contribution in [0.4, 0.5) is 0 Å². The first-order chi connectivity index (χ1) is 12.9. The van der Waals surface area contributed by atoms with E-state index in [2.05, 4.69) is 103 Å². The Morgan fingerprint density at radius 1 is 0.828 bits per heavy atom. The van der Waals surface area contributed by atoms with Crippen LogP contribution in [-0.4, -0.2) is 3.71 Å². The van der Waals surface area contributed by atoms with Gasteiger partial charge in [-0.1, -0.05) is 0 Å². The van der Waals surface area contributed by atoms with Crippen molar-refractivity contribution in [2.24, 2.45) is 5.92 Å². The second-order valence-electron chi connectivity index (χ2n) is 8.37. The van der Waals surface area contributed by atoms with E-state index in [-0.39, 0.29) is 24.8 Å². The average Bonchev–Trinajstić information content (AvgIpc) is 3.19. The molecule has 0 bridgehead atoms. The van der Waals surface area contributed by atoms with E-state index in [1.807, 2.05) is 0 Å². The van der Waals surface area contributed by atoms with Crippen LogP contribution in [0.3, 0.4) is 0 Å². The second-order valence-corrected chi connectivity index (χ2v) is 18.2. The standard InChI is InChI=1S/C9H7.C9H13.C7H6.CH3.2ClH.Zr/c1-2-5-9-7-3-6-8(9)4-1;1-6-5-7(2)9(4)8(6)3;1-7-5-3-2-4-6-7;;;;/h1-7H;6H,1-4H3;1-6H;1H3;2*1H;. The summed E-state index contributed by atoms with van der Waals surface area (Å²) < 4.78 is 7.73. The summed E-state index contributed by atoms with van der Waals surface area (Å²) >= 11 is -2.93. The average molecular weight is 506 g/mol. The van der Waals surface area contributed by atoms with Crippen molar-refractivity contribution < 1.29 is 19.8 Å². The summed E-state index contributed by atoms with van der Waals surface area (Å²) in [6.07, 6.45) is 4.87. The molecular formula is C26H31Cl2Zr. The van der Waals surface area contributed by atoms with Crippen LogP contribution in [0.2, 0.25) is 4.63 Å². The number of hydrogen-bond donors (Lipinski definition) is 0. The van der Waals surface area contributed by atoms with Gasteiger partial charge in [0.15, 0.2) is 0 Å². The molecule has 3 heteroatoms. The number of hydrogen-bond acceptors (Lipinski definition) is 0. The topological polar surface area (TPSA) is 0 Å². The minimum atomic E-state index is -2.93. The van der Waals surface area contributed by atoms with Crippen molar-refractivity contribution in [3.8, 4) is 0 Å². The monoisotopic (exact) mass is 503 g/mol. The molecule has 2 aromatic carbocycles. The van der Waals surface area contributed by atoms with Crippen LogP contribution < -0.4 is 0 Å². The van der Waals surface area contributed by atoms with Crippen molar-refractivity contribution in [1.29, 1.82) is 0 Å². The molecule has 0 saturated carbocycles. The minimum absolute atomic E-state index is 0. The molecule has 3 unspecified atom stereocenters. The smallest absolute Gasteiger partial charge is 0.147 e. The summed E-state index contributed by atoms with van der Waals surface area (Å²) in [5.41, 5.74) is 9.01. The summed E-state index contributed by atoms with van der Waals surface area (Å²) in [6.45, 7) is 9.46. The Hall–Kier alpha value is -1.01. The molecule has 2 aliphatic carbocycles. The van der Waals surface area contributed by atoms with Crippen molar-refractivity contribution in [2.75, 3.05) is 0 Å². The molecule has 29 heavy (non-hydrogen) atoms. The maximum Gasteiger partial charge on any atom is -0.147 e. The molecule has 0 nitrogen and oxygen atoms in total. The third-order valence-electron chi connectivity index (χ3n) is 6.93. The normalized spacial score (nSPS) is 22.0. The number of fused-ring (bicyclic) bond motifs is 1. The van der Waals surface area contributed by atoms with E-state index in [0.717, 1.165) is 0 Å². The molecule has 0 amide bonds. The number of halogens is 2. The van der Waals surface area contributed by atoms with E-state index in [1.165, 1.54) is 22.3 Å². The maximum absolute atomic E-state index is 2.93. The molecule has 4 rings (SSSR count). The number of allylic oxidation sites excluding steroid dienone is 5. The first kappa shape index (κ1) is 24.3. The summed E-state index contributed by atoms with van der Waals surface area (Å²) in [6, 6.07) is 20.0. The van der Waals surface area contributed by atoms with Crippen molar-refractivity contribution in [1.82, 2.24) is 0 Å². The zero-order valence-corrected chi connectivity index (χ0v) is 22.0. The molecular weight excluding hydrogens is 474 g/mol. The number of rotatable bonds is 3. The molecule has 0 aromatic heterocycles. The Labute approximate surface area is 192 Å². The Bertz CT molecular complexity index is 1040. The van der Waals surface area contributed by atoms with E-state index >= 15 is 0 Å². The molecule has 2 aromatic rings. The quantitative estimate of drug-likeness (QED) is 0.398. The third-order valence-corrected chi connectivity index (χ3v) is 18.5. The second kappa shape index (κ2) is 9.42. The third kappa shape index (κ3) is 4.12. The molecule has 0 N–H and O–H groups in total. The Morgan fingerprint density at radius 3 is 2.07 bits per heavy atom. The molecule has 0 radical (unpaired) electrons. The maximum atomic E-state index is 2.72. The van der Waals surface area contributed by atoms with E-state index in [0.29, 0.717) is 9.54 Å². The minimum Gasteiger partial charge on any atom is -0.147 e. The van der Waals surface area contributed by atoms with Gasteiger partial charge in [-0.2, -0.15) is 0 Å². The summed E-state index contributed by atoms with van der Waals surface area (Å²) in [7, 11) is 0. The van der Waals surface area contributed by atoms with Gasteiger partial charge in [0.25, 0.3) is 0 Å². The molecule has 0 heterocycles. The molecule has 0 aliphatic heterocycles. The van der Waals surface area contributed by atoms with E-state index in [4.69, 9.17) is 0 Å². The Balaban J connectivity index is 0.00000150. The van der Waals surface area contributed by atoms with Gasteiger partial charge in [-0.3, -0.25) is 0 Å². The van der Waals surface area contributed by atoms with Gasteiger partial charge in [0.1, 0.15) is 0 Å². The van der Waals surface area contributed by atoms with Crippen LogP contribution in [0.25, 0.3) is 6.08 Å². The predicted octanol–water partition coefficient (Wildman–Crippen LogP) is 7.91. The summed E-state index contributed by atoms with van der Waals surface area (Å²) in [5, 5.41) is 0. The van der Waals surface area contributed by atoms with Gasteiger partial charge in [0.2, 0.25) is 0 Å². The van der Waals surface area contributed by atoms with Crippen molar-refractivity contribution in [3.63, 3.8) is 0 Å². The van der Waals surface area contributed by atoms with Crippen molar-refractivity contribution in [2.45, 2.75) is 36.0 Å². The fraction of sp³-hybridized carbons (Fsp3) is 0.269. The fourth-order valence-electron chi connectivity index (χ4n) is 5.24. The fourth-order valence-corrected chi connectivity index (χ4v) is 17.8. The molecule has 0 spiro atoms. The van der Waals surface area contributed by atoms with Crippen LogP contribution in [0.5, 0.6) is 0 Å². The van der Waals surface area contributed by atoms with Crippen molar-refractivity contribution >= 4 is 34.6 Å². The zero-order valence-electron chi connectivity index (χ0n) is 17.9. The largest absolute Gasteiger partial charge is 0.147 e. The van der Waals surface area contributed by atoms with Gasteiger partial charge in [-0.15, -0.1) is 24.8 Å². The predicted molar refractivity (Wildman–Crippen MR) is 130 cm³/mol. The molecule has 153 valence electrons. The zero-order chi connectivity index (χ0) is 19.2. The van der Waals surface area contributed by atoms with E-state index in [1.54, 1.807) is 14.4 Å². The van der Waals surface area contributed by atoms with Crippen LogP contribution >= 0.6 is 24.8 Å². The van der Waals surface area contributed by atoms with Crippen LogP contribution in [0.1, 0.15) is 48.0 Å². The van der Waals surface area contributed by atoms with E-state index < -0.39 is 19.8 Å². The first-order valence-electron chi connectivity index (χ1n) is 10.0. The van der Waals surface area contributed by atoms with E-state index in [9.17, 15) is 0 Å². The van der Waals surface area contributed by atoms with Crippen LogP contribution in [0.15, 0.2) is 80.7 Å². The summed E-state index contributed by atoms with van der Waals surface area (Å²) in [4.78, 5) is 0. The van der Waals surface area contributed by atoms with Gasteiger partial charge in [0.05, 0.1) is 0 Å². The van der Waals surface area contributed by atoms with Gasteiger partial charge >= 0.3 is 169 Å². The molecule has 0 saturated heterocycles. The Kier molecular flexibility index (Phi) is 7.88. The first-order valence-corrected chi connectivity index (χ1v) is 16.5. The Morgan fingerprint density at radius 2 is 1.45 bits per heavy atom. The van der Waals surface area contributed by atoms with Crippen molar-refractivity contribution in [3.05, 3.63) is 97.4 Å². The van der Waals surface area contributed by atoms with Gasteiger partial charge < -0.3 is 0 Å². The van der Waals surface area contributed by atoms with Gasteiger partial charge in [-0.05, 0) is 0 Å². The SMILES string of the molecule is CC1=C(C)C(C)[C]([Zr]([CH3])(=[CH]c2ccccc2)[CH]2C=Cc3ccccc32)=C1C.Cl.Cl.